The molecule has 2 aromatic carbocycles. The molecule has 34 heavy (non-hydrogen) atoms. The highest BCUT2D eigenvalue weighted by Crippen LogP contribution is 2.35. The number of piperazine rings is 1. The van der Waals surface area contributed by atoms with Gasteiger partial charge >= 0.3 is 5.97 Å². The number of carboxylic acid groups (broad SMARTS) is 1. The molecule has 2 atom stereocenters. The van der Waals surface area contributed by atoms with E-state index < -0.39 is 16.0 Å². The van der Waals surface area contributed by atoms with Crippen LogP contribution in [0.25, 0.3) is 5.57 Å². The first-order valence-electron chi connectivity index (χ1n) is 11.7. The van der Waals surface area contributed by atoms with Gasteiger partial charge in [-0.1, -0.05) is 36.4 Å². The molecule has 1 fully saturated rings. The standard InChI is InChI=1S/C26H33N3O4S/c1-19-16-27(18-21-8-10-23(11-9-21)26(30)31)17-20(2)29(19)25-7-5-4-6-24(25)22-12-14-28(15-13-22)34(3,32)33/h4-12,19-20H,13-18H2,1-3H3,(H,30,31)/t19-,20+. The molecule has 0 spiro atoms. The van der Waals surface area contributed by atoms with Gasteiger partial charge in [-0.05, 0) is 49.6 Å². The van der Waals surface area contributed by atoms with Crippen LogP contribution >= 0.6 is 0 Å². The van der Waals surface area contributed by atoms with Crippen LogP contribution in [0.15, 0.2) is 54.6 Å². The van der Waals surface area contributed by atoms with Crippen molar-refractivity contribution in [3.05, 3.63) is 71.3 Å². The number of carboxylic acids is 1. The highest BCUT2D eigenvalue weighted by Gasteiger charge is 2.31. The van der Waals surface area contributed by atoms with E-state index in [0.717, 1.165) is 25.2 Å². The predicted molar refractivity (Wildman–Crippen MR) is 136 cm³/mol. The minimum Gasteiger partial charge on any atom is -0.478 e. The fourth-order valence-corrected chi connectivity index (χ4v) is 5.98. The van der Waals surface area contributed by atoms with E-state index in [1.165, 1.54) is 27.4 Å². The van der Waals surface area contributed by atoms with Crippen molar-refractivity contribution < 1.29 is 18.3 Å². The van der Waals surface area contributed by atoms with E-state index in [0.29, 0.717) is 37.2 Å². The van der Waals surface area contributed by atoms with E-state index in [1.807, 2.05) is 12.1 Å². The van der Waals surface area contributed by atoms with Crippen molar-refractivity contribution >= 4 is 27.3 Å². The summed E-state index contributed by atoms with van der Waals surface area (Å²) in [6.45, 7) is 8.01. The molecule has 0 saturated carbocycles. The van der Waals surface area contributed by atoms with Gasteiger partial charge in [-0.2, -0.15) is 4.31 Å². The molecule has 0 amide bonds. The van der Waals surface area contributed by atoms with Crippen LogP contribution in [0.2, 0.25) is 0 Å². The minimum absolute atomic E-state index is 0.292. The van der Waals surface area contributed by atoms with Gasteiger partial charge in [0.1, 0.15) is 0 Å². The Morgan fingerprint density at radius 2 is 1.68 bits per heavy atom. The molecular weight excluding hydrogens is 450 g/mol. The van der Waals surface area contributed by atoms with Crippen molar-refractivity contribution in [1.29, 1.82) is 0 Å². The van der Waals surface area contributed by atoms with Gasteiger partial charge in [-0.3, -0.25) is 4.90 Å². The molecule has 0 aliphatic carbocycles. The molecule has 2 aromatic rings. The number of para-hydroxylation sites is 1. The lowest BCUT2D eigenvalue weighted by molar-refractivity contribution is 0.0697. The van der Waals surface area contributed by atoms with Crippen LogP contribution in [0, 0.1) is 0 Å². The first-order chi connectivity index (χ1) is 16.1. The monoisotopic (exact) mass is 483 g/mol. The maximum absolute atomic E-state index is 11.9. The summed E-state index contributed by atoms with van der Waals surface area (Å²) in [4.78, 5) is 16.0. The molecule has 1 saturated heterocycles. The van der Waals surface area contributed by atoms with Crippen LogP contribution < -0.4 is 4.90 Å². The normalized spacial score (nSPS) is 22.4. The fourth-order valence-electron chi connectivity index (χ4n) is 5.21. The minimum atomic E-state index is -3.17. The van der Waals surface area contributed by atoms with Gasteiger partial charge in [-0.25, -0.2) is 13.2 Å². The van der Waals surface area contributed by atoms with Crippen molar-refractivity contribution in [3.63, 3.8) is 0 Å². The first-order valence-corrected chi connectivity index (χ1v) is 13.5. The molecule has 2 aliphatic rings. The van der Waals surface area contributed by atoms with Crippen molar-refractivity contribution in [2.24, 2.45) is 0 Å². The molecule has 0 bridgehead atoms. The summed E-state index contributed by atoms with van der Waals surface area (Å²) in [5.74, 6) is -0.904. The van der Waals surface area contributed by atoms with Crippen molar-refractivity contribution in [2.45, 2.75) is 38.9 Å². The Hall–Kier alpha value is -2.68. The summed E-state index contributed by atoms with van der Waals surface area (Å²) >= 11 is 0. The van der Waals surface area contributed by atoms with Gasteiger partial charge in [-0.15, -0.1) is 0 Å². The van der Waals surface area contributed by atoms with E-state index in [-0.39, 0.29) is 0 Å². The summed E-state index contributed by atoms with van der Waals surface area (Å²) in [5.41, 5.74) is 5.01. The zero-order valence-corrected chi connectivity index (χ0v) is 20.8. The molecule has 2 heterocycles. The van der Waals surface area contributed by atoms with E-state index in [1.54, 1.807) is 12.1 Å². The van der Waals surface area contributed by atoms with Crippen molar-refractivity contribution in [3.8, 4) is 0 Å². The molecule has 4 rings (SSSR count). The first kappa shape index (κ1) is 24.4. The lowest BCUT2D eigenvalue weighted by atomic mass is 9.95. The van der Waals surface area contributed by atoms with E-state index in [9.17, 15) is 13.2 Å². The predicted octanol–water partition coefficient (Wildman–Crippen LogP) is 3.53. The summed E-state index contributed by atoms with van der Waals surface area (Å²) < 4.78 is 25.3. The lowest BCUT2D eigenvalue weighted by Gasteiger charge is -2.47. The quantitative estimate of drug-likeness (QED) is 0.677. The topological polar surface area (TPSA) is 81.2 Å². The Bertz CT molecular complexity index is 1160. The average Bonchev–Trinajstić information content (AvgIpc) is 2.79. The molecule has 7 nitrogen and oxygen atoms in total. The third-order valence-corrected chi connectivity index (χ3v) is 8.04. The SMILES string of the molecule is C[C@@H]1CN(Cc2ccc(C(=O)O)cc2)C[C@H](C)N1c1ccccc1C1=CCN(S(C)(=O)=O)CC1. The number of hydrogen-bond acceptors (Lipinski definition) is 5. The highest BCUT2D eigenvalue weighted by atomic mass is 32.2. The Morgan fingerprint density at radius 3 is 2.24 bits per heavy atom. The summed E-state index contributed by atoms with van der Waals surface area (Å²) in [6, 6.07) is 16.2. The number of anilines is 1. The van der Waals surface area contributed by atoms with E-state index in [2.05, 4.69) is 54.0 Å². The maximum Gasteiger partial charge on any atom is 0.335 e. The summed E-state index contributed by atoms with van der Waals surface area (Å²) in [6.07, 6.45) is 4.03. The number of nitrogens with zero attached hydrogens (tertiary/aromatic N) is 3. The van der Waals surface area contributed by atoms with Gasteiger partial charge in [0, 0.05) is 56.1 Å². The molecular formula is C26H33N3O4S. The van der Waals surface area contributed by atoms with Gasteiger partial charge < -0.3 is 10.0 Å². The number of carbonyl (C=O) groups is 1. The second kappa shape index (κ2) is 9.90. The van der Waals surface area contributed by atoms with Gasteiger partial charge in [0.15, 0.2) is 0 Å². The van der Waals surface area contributed by atoms with E-state index in [4.69, 9.17) is 5.11 Å². The number of aromatic carboxylic acids is 1. The van der Waals surface area contributed by atoms with Crippen LogP contribution in [-0.2, 0) is 16.6 Å². The second-order valence-electron chi connectivity index (χ2n) is 9.42. The molecule has 0 radical (unpaired) electrons. The Balaban J connectivity index is 1.50. The molecule has 0 aromatic heterocycles. The van der Waals surface area contributed by atoms with E-state index >= 15 is 0 Å². The van der Waals surface area contributed by atoms with Crippen LogP contribution in [0.3, 0.4) is 0 Å². The third kappa shape index (κ3) is 5.35. The van der Waals surface area contributed by atoms with Gasteiger partial charge in [0.2, 0.25) is 10.0 Å². The largest absolute Gasteiger partial charge is 0.478 e. The van der Waals surface area contributed by atoms with Crippen molar-refractivity contribution in [2.75, 3.05) is 37.3 Å². The average molecular weight is 484 g/mol. The highest BCUT2D eigenvalue weighted by molar-refractivity contribution is 7.88. The molecule has 182 valence electrons. The Morgan fingerprint density at radius 1 is 1.03 bits per heavy atom. The Labute approximate surface area is 202 Å². The Kier molecular flexibility index (Phi) is 7.12. The third-order valence-electron chi connectivity index (χ3n) is 6.77. The zero-order chi connectivity index (χ0) is 24.5. The number of benzene rings is 2. The second-order valence-corrected chi connectivity index (χ2v) is 11.4. The maximum atomic E-state index is 11.9. The van der Waals surface area contributed by atoms with Crippen LogP contribution in [0.5, 0.6) is 0 Å². The summed E-state index contributed by atoms with van der Waals surface area (Å²) in [5, 5.41) is 9.12. The van der Waals surface area contributed by atoms with Gasteiger partial charge in [0.25, 0.3) is 0 Å². The van der Waals surface area contributed by atoms with Crippen molar-refractivity contribution in [1.82, 2.24) is 9.21 Å². The number of rotatable bonds is 6. The number of sulfonamides is 1. The zero-order valence-electron chi connectivity index (χ0n) is 20.0. The molecule has 8 heteroatoms. The molecule has 0 unspecified atom stereocenters. The fraction of sp³-hybridized carbons (Fsp3) is 0.423. The smallest absolute Gasteiger partial charge is 0.335 e. The molecule has 1 N–H and O–H groups in total. The molecule has 2 aliphatic heterocycles. The number of hydrogen-bond donors (Lipinski definition) is 1. The van der Waals surface area contributed by atoms with Crippen LogP contribution in [-0.4, -0.2) is 73.2 Å². The van der Waals surface area contributed by atoms with Crippen LogP contribution in [0.4, 0.5) is 5.69 Å². The van der Waals surface area contributed by atoms with Crippen LogP contribution in [0.1, 0.15) is 41.8 Å². The van der Waals surface area contributed by atoms with Gasteiger partial charge in [0.05, 0.1) is 11.8 Å². The lowest BCUT2D eigenvalue weighted by Crippen LogP contribution is -2.56. The summed E-state index contributed by atoms with van der Waals surface area (Å²) in [7, 11) is -3.17.